The Hall–Kier alpha value is -0.710. The van der Waals surface area contributed by atoms with Crippen LogP contribution in [0.4, 0.5) is 0 Å². The first-order valence-electron chi connectivity index (χ1n) is 5.93. The Morgan fingerprint density at radius 2 is 2.29 bits per heavy atom. The van der Waals surface area contributed by atoms with Gasteiger partial charge in [0.25, 0.3) is 0 Å². The molecule has 4 heteroatoms. The molecule has 0 saturated carbocycles. The lowest BCUT2D eigenvalue weighted by Gasteiger charge is -2.22. The average molecular weight is 252 g/mol. The molecule has 3 nitrogen and oxygen atoms in total. The molecular weight excluding hydrogens is 232 g/mol. The topological polar surface area (TPSA) is 49.5 Å². The van der Waals surface area contributed by atoms with Crippen LogP contribution in [0.3, 0.4) is 0 Å². The van der Waals surface area contributed by atoms with Gasteiger partial charge in [-0.05, 0) is 43.8 Å². The fraction of sp³-hybridized carbons (Fsp3) is 0.538. The summed E-state index contributed by atoms with van der Waals surface area (Å²) in [7, 11) is 2.13. The van der Waals surface area contributed by atoms with E-state index in [0.717, 1.165) is 24.4 Å². The quantitative estimate of drug-likeness (QED) is 0.809. The molecule has 1 aromatic carbocycles. The summed E-state index contributed by atoms with van der Waals surface area (Å²) in [6.45, 7) is 1.79. The van der Waals surface area contributed by atoms with Crippen LogP contribution in [0.2, 0.25) is 0 Å². The first-order chi connectivity index (χ1) is 8.17. The van der Waals surface area contributed by atoms with E-state index < -0.39 is 0 Å². The number of nitrogens with two attached hydrogens (primary N) is 1. The molecule has 1 heterocycles. The Bertz CT molecular complexity index is 397. The molecule has 17 heavy (non-hydrogen) atoms. The number of thioether (sulfide) groups is 1. The van der Waals surface area contributed by atoms with E-state index in [0.29, 0.717) is 17.7 Å². The highest BCUT2D eigenvalue weighted by molar-refractivity contribution is 7.98. The van der Waals surface area contributed by atoms with Crippen molar-refractivity contribution in [3.05, 3.63) is 23.8 Å². The fourth-order valence-electron chi connectivity index (χ4n) is 2.67. The van der Waals surface area contributed by atoms with E-state index >= 15 is 0 Å². The number of rotatable bonds is 3. The third-order valence-electron chi connectivity index (χ3n) is 3.56. The lowest BCUT2D eigenvalue weighted by atomic mass is 9.99. The van der Waals surface area contributed by atoms with E-state index in [4.69, 9.17) is 5.73 Å². The molecule has 2 unspecified atom stereocenters. The summed E-state index contributed by atoms with van der Waals surface area (Å²) in [6, 6.07) is 6.18. The van der Waals surface area contributed by atoms with Crippen LogP contribution in [0.15, 0.2) is 23.1 Å². The number of aromatic hydroxyl groups is 1. The Labute approximate surface area is 107 Å². The predicted octanol–water partition coefficient (Wildman–Crippen LogP) is 2.07. The molecule has 94 valence electrons. The summed E-state index contributed by atoms with van der Waals surface area (Å²) < 4.78 is 0. The molecular formula is C13H20N2OS. The highest BCUT2D eigenvalue weighted by atomic mass is 32.2. The zero-order valence-corrected chi connectivity index (χ0v) is 11.2. The van der Waals surface area contributed by atoms with Gasteiger partial charge in [0.2, 0.25) is 0 Å². The monoisotopic (exact) mass is 252 g/mol. The minimum absolute atomic E-state index is 0.387. The van der Waals surface area contributed by atoms with Crippen LogP contribution in [-0.2, 0) is 0 Å². The smallest absolute Gasteiger partial charge is 0.129 e. The SMILES string of the molecule is CSc1c(O)cccc1C1CC(CN)CN1C. The van der Waals surface area contributed by atoms with E-state index in [9.17, 15) is 5.11 Å². The van der Waals surface area contributed by atoms with Gasteiger partial charge in [-0.25, -0.2) is 0 Å². The molecule has 1 aromatic rings. The average Bonchev–Trinajstić information content (AvgIpc) is 2.70. The van der Waals surface area contributed by atoms with Gasteiger partial charge in [-0.2, -0.15) is 0 Å². The Morgan fingerprint density at radius 1 is 1.53 bits per heavy atom. The van der Waals surface area contributed by atoms with Gasteiger partial charge in [0, 0.05) is 12.6 Å². The summed E-state index contributed by atoms with van der Waals surface area (Å²) in [5.41, 5.74) is 6.99. The van der Waals surface area contributed by atoms with Crippen molar-refractivity contribution in [1.82, 2.24) is 4.90 Å². The maximum atomic E-state index is 9.90. The van der Waals surface area contributed by atoms with Gasteiger partial charge >= 0.3 is 0 Å². The lowest BCUT2D eigenvalue weighted by molar-refractivity contribution is 0.309. The number of hydrogen-bond donors (Lipinski definition) is 2. The Kier molecular flexibility index (Phi) is 3.97. The first kappa shape index (κ1) is 12.7. The lowest BCUT2D eigenvalue weighted by Crippen LogP contribution is -2.20. The predicted molar refractivity (Wildman–Crippen MR) is 72.4 cm³/mol. The molecule has 2 atom stereocenters. The second-order valence-corrected chi connectivity index (χ2v) is 5.51. The van der Waals surface area contributed by atoms with E-state index in [1.165, 1.54) is 5.56 Å². The van der Waals surface area contributed by atoms with Gasteiger partial charge in [-0.3, -0.25) is 4.90 Å². The molecule has 1 fully saturated rings. The second-order valence-electron chi connectivity index (χ2n) is 4.69. The summed E-state index contributed by atoms with van der Waals surface area (Å²) in [4.78, 5) is 3.34. The third-order valence-corrected chi connectivity index (χ3v) is 4.41. The zero-order chi connectivity index (χ0) is 12.4. The van der Waals surface area contributed by atoms with E-state index in [1.807, 2.05) is 12.3 Å². The van der Waals surface area contributed by atoms with Gasteiger partial charge < -0.3 is 10.8 Å². The van der Waals surface area contributed by atoms with Crippen LogP contribution in [0, 0.1) is 5.92 Å². The van der Waals surface area contributed by atoms with E-state index in [-0.39, 0.29) is 0 Å². The number of benzene rings is 1. The van der Waals surface area contributed by atoms with Gasteiger partial charge in [0.15, 0.2) is 0 Å². The minimum Gasteiger partial charge on any atom is -0.507 e. The van der Waals surface area contributed by atoms with Crippen LogP contribution in [0.25, 0.3) is 0 Å². The molecule has 0 aliphatic carbocycles. The van der Waals surface area contributed by atoms with E-state index in [2.05, 4.69) is 18.0 Å². The molecule has 3 N–H and O–H groups in total. The second kappa shape index (κ2) is 5.29. The highest BCUT2D eigenvalue weighted by Gasteiger charge is 2.31. The first-order valence-corrected chi connectivity index (χ1v) is 7.16. The number of phenolic OH excluding ortho intramolecular Hbond substituents is 1. The maximum Gasteiger partial charge on any atom is 0.129 e. The molecule has 1 saturated heterocycles. The summed E-state index contributed by atoms with van der Waals surface area (Å²) in [5.74, 6) is 0.960. The molecule has 0 radical (unpaired) electrons. The third kappa shape index (κ3) is 2.44. The van der Waals surface area contributed by atoms with Gasteiger partial charge in [0.1, 0.15) is 5.75 Å². The van der Waals surface area contributed by atoms with Crippen molar-refractivity contribution in [3.8, 4) is 5.75 Å². The van der Waals surface area contributed by atoms with Crippen molar-refractivity contribution in [3.63, 3.8) is 0 Å². The van der Waals surface area contributed by atoms with Crippen LogP contribution in [0.5, 0.6) is 5.75 Å². The van der Waals surface area contributed by atoms with Crippen LogP contribution < -0.4 is 5.73 Å². The van der Waals surface area contributed by atoms with Crippen LogP contribution in [0.1, 0.15) is 18.0 Å². The summed E-state index contributed by atoms with van der Waals surface area (Å²) >= 11 is 1.61. The van der Waals surface area contributed by atoms with E-state index in [1.54, 1.807) is 17.8 Å². The van der Waals surface area contributed by atoms with Gasteiger partial charge in [-0.1, -0.05) is 12.1 Å². The molecule has 0 bridgehead atoms. The fourth-order valence-corrected chi connectivity index (χ4v) is 3.38. The molecule has 0 aromatic heterocycles. The Balaban J connectivity index is 2.31. The molecule has 1 aliphatic heterocycles. The standard InChI is InChI=1S/C13H20N2OS/c1-15-8-9(7-14)6-11(15)10-4-3-5-12(16)13(10)17-2/h3-5,9,11,16H,6-8,14H2,1-2H3. The number of hydrogen-bond acceptors (Lipinski definition) is 4. The molecule has 0 spiro atoms. The van der Waals surface area contributed by atoms with Crippen molar-refractivity contribution in [1.29, 1.82) is 0 Å². The van der Waals surface area contributed by atoms with Crippen molar-refractivity contribution < 1.29 is 5.11 Å². The van der Waals surface area contributed by atoms with Crippen LogP contribution in [-0.4, -0.2) is 36.4 Å². The van der Waals surface area contributed by atoms with Gasteiger partial charge in [-0.15, -0.1) is 11.8 Å². The molecule has 1 aliphatic rings. The summed E-state index contributed by atoms with van der Waals surface area (Å²) in [5, 5.41) is 9.90. The van der Waals surface area contributed by atoms with Crippen molar-refractivity contribution in [2.24, 2.45) is 11.7 Å². The highest BCUT2D eigenvalue weighted by Crippen LogP contribution is 2.41. The van der Waals surface area contributed by atoms with Crippen molar-refractivity contribution >= 4 is 11.8 Å². The maximum absolute atomic E-state index is 9.90. The van der Waals surface area contributed by atoms with Crippen molar-refractivity contribution in [2.45, 2.75) is 17.4 Å². The normalized spacial score (nSPS) is 25.4. The number of likely N-dealkylation sites (tertiary alicyclic amines) is 1. The molecule has 2 rings (SSSR count). The summed E-state index contributed by atoms with van der Waals surface area (Å²) in [6.07, 6.45) is 3.10. The van der Waals surface area contributed by atoms with Gasteiger partial charge in [0.05, 0.1) is 4.90 Å². The van der Waals surface area contributed by atoms with Crippen LogP contribution >= 0.6 is 11.8 Å². The Morgan fingerprint density at radius 3 is 2.88 bits per heavy atom. The molecule has 0 amide bonds. The number of nitrogens with zero attached hydrogens (tertiary/aromatic N) is 1. The zero-order valence-electron chi connectivity index (χ0n) is 10.4. The number of phenols is 1. The minimum atomic E-state index is 0.387. The van der Waals surface area contributed by atoms with Crippen molar-refractivity contribution in [2.75, 3.05) is 26.4 Å². The largest absolute Gasteiger partial charge is 0.507 e.